The van der Waals surface area contributed by atoms with Gasteiger partial charge in [-0.05, 0) is 54.6 Å². The molecule has 9 heteroatoms. The van der Waals surface area contributed by atoms with E-state index in [2.05, 4.69) is 10.6 Å². The smallest absolute Gasteiger partial charge is 0.267 e. The number of hydrogen-bond donors (Lipinski definition) is 2. The molecule has 0 aliphatic heterocycles. The summed E-state index contributed by atoms with van der Waals surface area (Å²) in [6.07, 6.45) is 0. The number of carbonyl (C=O) groups is 2. The molecule has 3 aromatic carbocycles. The number of rotatable bonds is 4. The average molecular weight is 510 g/mol. The molecule has 0 aliphatic rings. The van der Waals surface area contributed by atoms with Crippen molar-refractivity contribution >= 4 is 91.0 Å². The standard InChI is InChI=1S/C22H12Cl4N2O2S/c23-11-1-7-15(17(25)9-11)21(29)27-13-3-5-14(6-4-13)28-22(30)20-19(26)16-8-2-12(24)10-18(16)31-20/h1-10H,(H,27,29)(H,28,30). The van der Waals surface area contributed by atoms with Crippen LogP contribution in [0, 0.1) is 0 Å². The molecular formula is C22H12Cl4N2O2S. The Bertz CT molecular complexity index is 1320. The Hall–Kier alpha value is -2.28. The second-order valence-corrected chi connectivity index (χ2v) is 9.21. The maximum atomic E-state index is 12.7. The van der Waals surface area contributed by atoms with Gasteiger partial charge >= 0.3 is 0 Å². The number of halogens is 4. The summed E-state index contributed by atoms with van der Waals surface area (Å²) < 4.78 is 0.835. The van der Waals surface area contributed by atoms with Crippen LogP contribution in [0.4, 0.5) is 11.4 Å². The van der Waals surface area contributed by atoms with Crippen LogP contribution in [-0.4, -0.2) is 11.8 Å². The van der Waals surface area contributed by atoms with Gasteiger partial charge in [-0.25, -0.2) is 0 Å². The van der Waals surface area contributed by atoms with Crippen LogP contribution < -0.4 is 10.6 Å². The normalized spacial score (nSPS) is 10.8. The number of amides is 2. The molecule has 0 bridgehead atoms. The van der Waals surface area contributed by atoms with Crippen molar-refractivity contribution in [3.63, 3.8) is 0 Å². The highest BCUT2D eigenvalue weighted by molar-refractivity contribution is 7.21. The molecule has 1 aromatic heterocycles. The minimum absolute atomic E-state index is 0.260. The summed E-state index contributed by atoms with van der Waals surface area (Å²) in [4.78, 5) is 25.5. The quantitative estimate of drug-likeness (QED) is 0.292. The van der Waals surface area contributed by atoms with Gasteiger partial charge in [-0.3, -0.25) is 9.59 Å². The third-order valence-electron chi connectivity index (χ3n) is 4.37. The van der Waals surface area contributed by atoms with Crippen LogP contribution in [0.1, 0.15) is 20.0 Å². The van der Waals surface area contributed by atoms with Gasteiger partial charge in [0.2, 0.25) is 0 Å². The molecular weight excluding hydrogens is 498 g/mol. The zero-order chi connectivity index (χ0) is 22.1. The number of hydrogen-bond acceptors (Lipinski definition) is 3. The average Bonchev–Trinajstić information content (AvgIpc) is 3.05. The molecule has 0 aliphatic carbocycles. The van der Waals surface area contributed by atoms with E-state index in [1.54, 1.807) is 54.6 Å². The van der Waals surface area contributed by atoms with E-state index in [9.17, 15) is 9.59 Å². The van der Waals surface area contributed by atoms with E-state index < -0.39 is 0 Å². The topological polar surface area (TPSA) is 58.2 Å². The maximum absolute atomic E-state index is 12.7. The maximum Gasteiger partial charge on any atom is 0.267 e. The molecule has 2 amide bonds. The van der Waals surface area contributed by atoms with Crippen LogP contribution in [0.2, 0.25) is 20.1 Å². The van der Waals surface area contributed by atoms with E-state index in [-0.39, 0.29) is 16.8 Å². The Kier molecular flexibility index (Phi) is 6.42. The van der Waals surface area contributed by atoms with Crippen molar-refractivity contribution in [2.24, 2.45) is 0 Å². The highest BCUT2D eigenvalue weighted by Crippen LogP contribution is 2.37. The number of fused-ring (bicyclic) bond motifs is 1. The summed E-state index contributed by atoms with van der Waals surface area (Å²) >= 11 is 25.6. The monoisotopic (exact) mass is 508 g/mol. The minimum atomic E-state index is -0.367. The molecule has 2 N–H and O–H groups in total. The molecule has 0 saturated heterocycles. The van der Waals surface area contributed by atoms with Crippen molar-refractivity contribution in [2.75, 3.05) is 10.6 Å². The number of nitrogens with one attached hydrogen (secondary N) is 2. The van der Waals surface area contributed by atoms with Gasteiger partial charge in [-0.2, -0.15) is 0 Å². The fraction of sp³-hybridized carbons (Fsp3) is 0. The first-order valence-electron chi connectivity index (χ1n) is 8.87. The van der Waals surface area contributed by atoms with Crippen molar-refractivity contribution in [3.05, 3.63) is 91.2 Å². The zero-order valence-electron chi connectivity index (χ0n) is 15.5. The van der Waals surface area contributed by atoms with E-state index in [0.717, 1.165) is 10.1 Å². The number of anilines is 2. The molecule has 0 radical (unpaired) electrons. The van der Waals surface area contributed by atoms with Gasteiger partial charge < -0.3 is 10.6 Å². The molecule has 0 saturated carbocycles. The molecule has 0 fully saturated rings. The summed E-state index contributed by atoms with van der Waals surface area (Å²) in [6.45, 7) is 0. The van der Waals surface area contributed by atoms with E-state index in [0.29, 0.717) is 36.9 Å². The van der Waals surface area contributed by atoms with E-state index >= 15 is 0 Å². The third-order valence-corrected chi connectivity index (χ3v) is 6.81. The molecule has 0 spiro atoms. The van der Waals surface area contributed by atoms with E-state index in [4.69, 9.17) is 46.4 Å². The van der Waals surface area contributed by atoms with Crippen LogP contribution in [0.3, 0.4) is 0 Å². The van der Waals surface area contributed by atoms with Crippen LogP contribution in [0.15, 0.2) is 60.7 Å². The molecule has 31 heavy (non-hydrogen) atoms. The highest BCUT2D eigenvalue weighted by Gasteiger charge is 2.18. The molecule has 4 nitrogen and oxygen atoms in total. The number of carbonyl (C=O) groups excluding carboxylic acids is 2. The van der Waals surface area contributed by atoms with Crippen molar-refractivity contribution < 1.29 is 9.59 Å². The Labute approximate surface area is 201 Å². The van der Waals surface area contributed by atoms with E-state index in [1.807, 2.05) is 0 Å². The highest BCUT2D eigenvalue weighted by atomic mass is 35.5. The third kappa shape index (κ3) is 4.81. The van der Waals surface area contributed by atoms with Crippen molar-refractivity contribution in [1.82, 2.24) is 0 Å². The summed E-state index contributed by atoms with van der Waals surface area (Å²) in [7, 11) is 0. The first-order chi connectivity index (χ1) is 14.8. The first-order valence-corrected chi connectivity index (χ1v) is 11.2. The Balaban J connectivity index is 1.47. The number of thiophene rings is 1. The lowest BCUT2D eigenvalue weighted by molar-refractivity contribution is 0.102. The van der Waals surface area contributed by atoms with Crippen LogP contribution in [0.25, 0.3) is 10.1 Å². The van der Waals surface area contributed by atoms with Crippen LogP contribution in [-0.2, 0) is 0 Å². The van der Waals surface area contributed by atoms with Gasteiger partial charge in [0, 0.05) is 31.5 Å². The predicted octanol–water partition coefficient (Wildman–Crippen LogP) is 8.02. The molecule has 0 atom stereocenters. The summed E-state index contributed by atoms with van der Waals surface area (Å²) in [5.41, 5.74) is 1.41. The molecule has 1 heterocycles. The first kappa shape index (κ1) is 21.9. The molecule has 156 valence electrons. The fourth-order valence-electron chi connectivity index (χ4n) is 2.88. The fourth-order valence-corrected chi connectivity index (χ4v) is 5.06. The Morgan fingerprint density at radius 2 is 1.29 bits per heavy atom. The second kappa shape index (κ2) is 9.07. The Morgan fingerprint density at radius 1 is 0.710 bits per heavy atom. The Morgan fingerprint density at radius 3 is 1.94 bits per heavy atom. The van der Waals surface area contributed by atoms with Crippen molar-refractivity contribution in [2.45, 2.75) is 0 Å². The summed E-state index contributed by atoms with van der Waals surface area (Å²) in [5.74, 6) is -0.693. The largest absolute Gasteiger partial charge is 0.322 e. The van der Waals surface area contributed by atoms with Gasteiger partial charge in [0.05, 0.1) is 15.6 Å². The molecule has 0 unspecified atom stereocenters. The summed E-state index contributed by atoms with van der Waals surface area (Å²) in [6, 6.07) is 16.6. The van der Waals surface area contributed by atoms with Gasteiger partial charge in [0.15, 0.2) is 0 Å². The van der Waals surface area contributed by atoms with Crippen molar-refractivity contribution in [3.8, 4) is 0 Å². The lowest BCUT2D eigenvalue weighted by Crippen LogP contribution is -2.13. The van der Waals surface area contributed by atoms with Gasteiger partial charge in [0.1, 0.15) is 4.88 Å². The SMILES string of the molecule is O=C(Nc1ccc(NC(=O)c2sc3cc(Cl)ccc3c2Cl)cc1)c1ccc(Cl)cc1Cl. The van der Waals surface area contributed by atoms with Crippen LogP contribution in [0.5, 0.6) is 0 Å². The molecule has 4 rings (SSSR count). The van der Waals surface area contributed by atoms with Crippen molar-refractivity contribution in [1.29, 1.82) is 0 Å². The number of benzene rings is 3. The predicted molar refractivity (Wildman–Crippen MR) is 131 cm³/mol. The van der Waals surface area contributed by atoms with Gasteiger partial charge in [0.25, 0.3) is 11.8 Å². The van der Waals surface area contributed by atoms with E-state index in [1.165, 1.54) is 17.4 Å². The van der Waals surface area contributed by atoms with Gasteiger partial charge in [-0.15, -0.1) is 11.3 Å². The lowest BCUT2D eigenvalue weighted by atomic mass is 10.2. The minimum Gasteiger partial charge on any atom is -0.322 e. The van der Waals surface area contributed by atoms with Gasteiger partial charge in [-0.1, -0.05) is 52.5 Å². The second-order valence-electron chi connectivity index (χ2n) is 6.50. The lowest BCUT2D eigenvalue weighted by Gasteiger charge is -2.09. The van der Waals surface area contributed by atoms with Crippen LogP contribution >= 0.6 is 57.7 Å². The molecule has 4 aromatic rings. The zero-order valence-corrected chi connectivity index (χ0v) is 19.4. The summed E-state index contributed by atoms with van der Waals surface area (Å²) in [5, 5.41) is 8.01.